The maximum atomic E-state index is 12.6. The molecule has 3 amide bonds. The largest absolute Gasteiger partial charge is 0.416 e. The zero-order valence-corrected chi connectivity index (χ0v) is 13.8. The van der Waals surface area contributed by atoms with Crippen LogP contribution in [0.4, 0.5) is 18.0 Å². The minimum absolute atomic E-state index is 0.00339. The molecule has 3 rings (SSSR count). The minimum atomic E-state index is -4.46. The lowest BCUT2D eigenvalue weighted by molar-refractivity contribution is -0.137. The Balaban J connectivity index is 1.75. The monoisotopic (exact) mass is 376 g/mol. The van der Waals surface area contributed by atoms with Gasteiger partial charge < -0.3 is 5.32 Å². The molecule has 0 radical (unpaired) electrons. The first-order chi connectivity index (χ1) is 11.5. The fourth-order valence-electron chi connectivity index (χ4n) is 3.03. The van der Waals surface area contributed by atoms with Crippen molar-refractivity contribution >= 4 is 21.8 Å². The van der Waals surface area contributed by atoms with Gasteiger partial charge in [0.1, 0.15) is 5.54 Å². The Morgan fingerprint density at radius 1 is 1.08 bits per heavy atom. The summed E-state index contributed by atoms with van der Waals surface area (Å²) in [6.07, 6.45) is -4.45. The summed E-state index contributed by atoms with van der Waals surface area (Å²) in [6.45, 7) is -0.169. The number of hydrogen-bond donors (Lipinski definition) is 1. The Kier molecular flexibility index (Phi) is 4.05. The normalized spacial score (nSPS) is 22.3. The lowest BCUT2D eigenvalue weighted by Gasteiger charge is -2.30. The van der Waals surface area contributed by atoms with Crippen molar-refractivity contribution in [1.29, 1.82) is 0 Å². The third-order valence-corrected chi connectivity index (χ3v) is 6.20. The number of amides is 3. The van der Waals surface area contributed by atoms with Gasteiger partial charge in [-0.1, -0.05) is 12.1 Å². The average Bonchev–Trinajstić information content (AvgIpc) is 2.75. The molecule has 2 saturated heterocycles. The van der Waals surface area contributed by atoms with Gasteiger partial charge in [0, 0.05) is 0 Å². The van der Waals surface area contributed by atoms with Gasteiger partial charge in [0.2, 0.25) is 0 Å². The molecular weight excluding hydrogens is 361 g/mol. The highest BCUT2D eigenvalue weighted by Gasteiger charge is 2.53. The van der Waals surface area contributed by atoms with Gasteiger partial charge in [-0.05, 0) is 30.5 Å². The first-order valence-electron chi connectivity index (χ1n) is 7.53. The number of alkyl halides is 3. The SMILES string of the molecule is O=C1NC2(CCS(=O)(=O)CC2)C(=O)N1Cc1ccc(C(F)(F)F)cc1. The summed E-state index contributed by atoms with van der Waals surface area (Å²) >= 11 is 0. The van der Waals surface area contributed by atoms with Gasteiger partial charge in [-0.15, -0.1) is 0 Å². The molecule has 2 aliphatic heterocycles. The Labute approximate surface area is 141 Å². The van der Waals surface area contributed by atoms with Crippen LogP contribution in [0.15, 0.2) is 24.3 Å². The Bertz CT molecular complexity index is 804. The van der Waals surface area contributed by atoms with Gasteiger partial charge >= 0.3 is 12.2 Å². The molecule has 2 aliphatic rings. The third kappa shape index (κ3) is 3.35. The Hall–Kier alpha value is -2.10. The fraction of sp³-hybridized carbons (Fsp3) is 0.467. The van der Waals surface area contributed by atoms with Crippen molar-refractivity contribution in [3.05, 3.63) is 35.4 Å². The lowest BCUT2D eigenvalue weighted by atomic mass is 9.92. The second-order valence-corrected chi connectivity index (χ2v) is 8.55. The first kappa shape index (κ1) is 17.7. The van der Waals surface area contributed by atoms with E-state index in [2.05, 4.69) is 5.32 Å². The maximum Gasteiger partial charge on any atom is 0.416 e. The zero-order chi connectivity index (χ0) is 18.5. The van der Waals surface area contributed by atoms with E-state index in [1.165, 1.54) is 12.1 Å². The third-order valence-electron chi connectivity index (χ3n) is 4.55. The van der Waals surface area contributed by atoms with Crippen LogP contribution in [0.3, 0.4) is 0 Å². The number of hydrogen-bond acceptors (Lipinski definition) is 4. The Morgan fingerprint density at radius 2 is 1.64 bits per heavy atom. The predicted molar refractivity (Wildman–Crippen MR) is 81.1 cm³/mol. The molecule has 0 aliphatic carbocycles. The highest BCUT2D eigenvalue weighted by atomic mass is 32.2. The van der Waals surface area contributed by atoms with E-state index in [9.17, 15) is 31.2 Å². The van der Waals surface area contributed by atoms with Gasteiger partial charge in [-0.25, -0.2) is 13.2 Å². The van der Waals surface area contributed by atoms with Crippen LogP contribution in [-0.2, 0) is 27.4 Å². The fourth-order valence-corrected chi connectivity index (χ4v) is 4.55. The molecule has 1 aromatic rings. The van der Waals surface area contributed by atoms with E-state index in [4.69, 9.17) is 0 Å². The van der Waals surface area contributed by atoms with Gasteiger partial charge in [0.15, 0.2) is 9.84 Å². The van der Waals surface area contributed by atoms with E-state index < -0.39 is 39.1 Å². The summed E-state index contributed by atoms with van der Waals surface area (Å²) in [5.41, 5.74) is -1.67. The summed E-state index contributed by atoms with van der Waals surface area (Å²) in [4.78, 5) is 25.6. The number of imide groups is 1. The molecule has 0 atom stereocenters. The van der Waals surface area contributed by atoms with E-state index in [1.54, 1.807) is 0 Å². The quantitative estimate of drug-likeness (QED) is 0.797. The molecule has 1 N–H and O–H groups in total. The molecule has 6 nitrogen and oxygen atoms in total. The number of carbonyl (C=O) groups excluding carboxylic acids is 2. The molecule has 0 unspecified atom stereocenters. The van der Waals surface area contributed by atoms with Crippen LogP contribution in [-0.4, -0.2) is 42.3 Å². The van der Waals surface area contributed by atoms with Crippen molar-refractivity contribution in [2.24, 2.45) is 0 Å². The number of halogens is 3. The summed E-state index contributed by atoms with van der Waals surface area (Å²) in [5.74, 6) is -0.910. The van der Waals surface area contributed by atoms with Crippen molar-refractivity contribution in [3.63, 3.8) is 0 Å². The van der Waals surface area contributed by atoms with Crippen molar-refractivity contribution in [2.75, 3.05) is 11.5 Å². The van der Waals surface area contributed by atoms with E-state index in [-0.39, 0.29) is 30.9 Å². The topological polar surface area (TPSA) is 83.5 Å². The maximum absolute atomic E-state index is 12.6. The highest BCUT2D eigenvalue weighted by Crippen LogP contribution is 2.32. The molecule has 1 aromatic carbocycles. The number of sulfone groups is 1. The molecule has 0 saturated carbocycles. The van der Waals surface area contributed by atoms with Crippen molar-refractivity contribution in [1.82, 2.24) is 10.2 Å². The number of carbonyl (C=O) groups is 2. The number of benzene rings is 1. The second-order valence-electron chi connectivity index (χ2n) is 6.25. The van der Waals surface area contributed by atoms with Crippen LogP contribution in [0, 0.1) is 0 Å². The number of urea groups is 1. The van der Waals surface area contributed by atoms with Crippen LogP contribution < -0.4 is 5.32 Å². The van der Waals surface area contributed by atoms with Gasteiger partial charge in [-0.2, -0.15) is 13.2 Å². The summed E-state index contributed by atoms with van der Waals surface area (Å²) < 4.78 is 60.8. The van der Waals surface area contributed by atoms with Gasteiger partial charge in [-0.3, -0.25) is 9.69 Å². The van der Waals surface area contributed by atoms with E-state index in [0.29, 0.717) is 5.56 Å². The van der Waals surface area contributed by atoms with Crippen LogP contribution >= 0.6 is 0 Å². The predicted octanol–water partition coefficient (Wildman–Crippen LogP) is 1.70. The van der Waals surface area contributed by atoms with Crippen LogP contribution in [0.5, 0.6) is 0 Å². The molecule has 2 fully saturated rings. The summed E-state index contributed by atoms with van der Waals surface area (Å²) in [7, 11) is -3.21. The lowest BCUT2D eigenvalue weighted by Crippen LogP contribution is -2.52. The average molecular weight is 376 g/mol. The second kappa shape index (κ2) is 5.72. The summed E-state index contributed by atoms with van der Waals surface area (Å²) in [6, 6.07) is 3.52. The Morgan fingerprint density at radius 3 is 2.16 bits per heavy atom. The zero-order valence-electron chi connectivity index (χ0n) is 13.0. The van der Waals surface area contributed by atoms with Crippen molar-refractivity contribution in [3.8, 4) is 0 Å². The van der Waals surface area contributed by atoms with E-state index in [1.807, 2.05) is 0 Å². The molecule has 0 bridgehead atoms. The highest BCUT2D eigenvalue weighted by molar-refractivity contribution is 7.91. The van der Waals surface area contributed by atoms with Crippen LogP contribution in [0.25, 0.3) is 0 Å². The number of nitrogens with one attached hydrogen (secondary N) is 1. The smallest absolute Gasteiger partial charge is 0.323 e. The first-order valence-corrected chi connectivity index (χ1v) is 9.35. The minimum Gasteiger partial charge on any atom is -0.323 e. The molecule has 136 valence electrons. The molecule has 1 spiro atoms. The van der Waals surface area contributed by atoms with E-state index in [0.717, 1.165) is 17.0 Å². The molecule has 25 heavy (non-hydrogen) atoms. The van der Waals surface area contributed by atoms with Crippen molar-refractivity contribution in [2.45, 2.75) is 31.1 Å². The van der Waals surface area contributed by atoms with Crippen LogP contribution in [0.2, 0.25) is 0 Å². The van der Waals surface area contributed by atoms with Gasteiger partial charge in [0.05, 0.1) is 23.6 Å². The summed E-state index contributed by atoms with van der Waals surface area (Å²) in [5, 5.41) is 2.56. The number of nitrogens with zero attached hydrogens (tertiary/aromatic N) is 1. The number of rotatable bonds is 2. The molecule has 0 aromatic heterocycles. The van der Waals surface area contributed by atoms with Crippen molar-refractivity contribution < 1.29 is 31.2 Å². The van der Waals surface area contributed by atoms with Crippen LogP contribution in [0.1, 0.15) is 24.0 Å². The standard InChI is InChI=1S/C15H15F3N2O4S/c16-15(17,18)11-3-1-10(2-4-11)9-20-12(21)14(19-13(20)22)5-7-25(23,24)8-6-14/h1-4H,5-9H2,(H,19,22). The molecule has 10 heteroatoms. The molecular formula is C15H15F3N2O4S. The molecule has 2 heterocycles. The van der Waals surface area contributed by atoms with Gasteiger partial charge in [0.25, 0.3) is 5.91 Å². The van der Waals surface area contributed by atoms with E-state index >= 15 is 0 Å².